The molecule has 0 spiro atoms. The van der Waals surface area contributed by atoms with Gasteiger partial charge in [0, 0.05) is 44.1 Å². The first-order valence-electron chi connectivity index (χ1n) is 10.7. The smallest absolute Gasteiger partial charge is 0.227 e. The summed E-state index contributed by atoms with van der Waals surface area (Å²) in [6.07, 6.45) is 8.40. The predicted molar refractivity (Wildman–Crippen MR) is 109 cm³/mol. The fourth-order valence-corrected chi connectivity index (χ4v) is 4.74. The average molecular weight is 373 g/mol. The van der Waals surface area contributed by atoms with Crippen LogP contribution in [0.2, 0.25) is 0 Å². The van der Waals surface area contributed by atoms with Crippen LogP contribution in [0.3, 0.4) is 0 Å². The third-order valence-electron chi connectivity index (χ3n) is 6.28. The molecule has 1 amide bonds. The number of hydrogen-bond acceptors (Lipinski definition) is 4. The molecule has 2 aliphatic heterocycles. The second kappa shape index (κ2) is 9.65. The summed E-state index contributed by atoms with van der Waals surface area (Å²) in [4.78, 5) is 24.3. The molecule has 5 nitrogen and oxygen atoms in total. The number of rotatable bonds is 6. The van der Waals surface area contributed by atoms with E-state index in [2.05, 4.69) is 47.7 Å². The van der Waals surface area contributed by atoms with Crippen molar-refractivity contribution in [3.63, 3.8) is 0 Å². The normalized spacial score (nSPS) is 22.9. The maximum absolute atomic E-state index is 12.9. The molecule has 27 heavy (non-hydrogen) atoms. The highest BCUT2D eigenvalue weighted by molar-refractivity contribution is 5.79. The number of aromatic nitrogens is 1. The standard InChI is InChI=1S/C22H36N4O/c1-4-26(18(2)3)22(27)20-6-5-13-25(17-20)21-9-14-24(15-10-21)16-19-7-11-23-12-8-19/h7-8,11-12,18,20-21H,4-6,9-10,13-17H2,1-3H3. The Morgan fingerprint density at radius 1 is 1.19 bits per heavy atom. The van der Waals surface area contributed by atoms with Crippen molar-refractivity contribution in [1.82, 2.24) is 19.7 Å². The lowest BCUT2D eigenvalue weighted by molar-refractivity contribution is -0.139. The minimum absolute atomic E-state index is 0.191. The zero-order valence-corrected chi connectivity index (χ0v) is 17.3. The number of carbonyl (C=O) groups is 1. The van der Waals surface area contributed by atoms with Gasteiger partial charge in [0.2, 0.25) is 5.91 Å². The van der Waals surface area contributed by atoms with Crippen molar-refractivity contribution in [3.8, 4) is 0 Å². The minimum atomic E-state index is 0.191. The fraction of sp³-hybridized carbons (Fsp3) is 0.727. The molecule has 0 aromatic carbocycles. The van der Waals surface area contributed by atoms with Crippen LogP contribution >= 0.6 is 0 Å². The highest BCUT2D eigenvalue weighted by Gasteiger charge is 2.33. The highest BCUT2D eigenvalue weighted by Crippen LogP contribution is 2.26. The monoisotopic (exact) mass is 372 g/mol. The molecular formula is C22H36N4O. The highest BCUT2D eigenvalue weighted by atomic mass is 16.2. The second-order valence-corrected chi connectivity index (χ2v) is 8.41. The summed E-state index contributed by atoms with van der Waals surface area (Å²) in [7, 11) is 0. The van der Waals surface area contributed by atoms with Crippen molar-refractivity contribution >= 4 is 5.91 Å². The third kappa shape index (κ3) is 5.29. The molecule has 2 aliphatic rings. The van der Waals surface area contributed by atoms with Gasteiger partial charge in [-0.2, -0.15) is 0 Å². The van der Waals surface area contributed by atoms with E-state index >= 15 is 0 Å². The predicted octanol–water partition coefficient (Wildman–Crippen LogP) is 3.01. The average Bonchev–Trinajstić information content (AvgIpc) is 2.69. The molecule has 0 saturated carbocycles. The van der Waals surface area contributed by atoms with Gasteiger partial charge in [-0.05, 0) is 83.8 Å². The van der Waals surface area contributed by atoms with Crippen LogP contribution in [-0.4, -0.2) is 70.4 Å². The maximum atomic E-state index is 12.9. The lowest BCUT2D eigenvalue weighted by Gasteiger charge is -2.43. The lowest BCUT2D eigenvalue weighted by atomic mass is 9.92. The lowest BCUT2D eigenvalue weighted by Crippen LogP contribution is -2.52. The Morgan fingerprint density at radius 3 is 2.52 bits per heavy atom. The van der Waals surface area contributed by atoms with Gasteiger partial charge in [-0.25, -0.2) is 0 Å². The molecule has 0 aliphatic carbocycles. The van der Waals surface area contributed by atoms with Gasteiger partial charge in [-0.1, -0.05) is 0 Å². The molecule has 0 bridgehead atoms. The van der Waals surface area contributed by atoms with Crippen LogP contribution in [-0.2, 0) is 11.3 Å². The van der Waals surface area contributed by atoms with Gasteiger partial charge in [0.15, 0.2) is 0 Å². The van der Waals surface area contributed by atoms with E-state index in [-0.39, 0.29) is 5.92 Å². The molecule has 1 atom stereocenters. The van der Waals surface area contributed by atoms with E-state index in [1.54, 1.807) is 0 Å². The van der Waals surface area contributed by atoms with Crippen LogP contribution in [0.15, 0.2) is 24.5 Å². The van der Waals surface area contributed by atoms with E-state index in [1.165, 1.54) is 18.4 Å². The van der Waals surface area contributed by atoms with Crippen molar-refractivity contribution in [1.29, 1.82) is 0 Å². The zero-order chi connectivity index (χ0) is 19.2. The van der Waals surface area contributed by atoms with E-state index in [9.17, 15) is 4.79 Å². The van der Waals surface area contributed by atoms with Gasteiger partial charge >= 0.3 is 0 Å². The third-order valence-corrected chi connectivity index (χ3v) is 6.28. The van der Waals surface area contributed by atoms with Crippen molar-refractivity contribution < 1.29 is 4.79 Å². The van der Waals surface area contributed by atoms with E-state index in [1.807, 2.05) is 17.3 Å². The van der Waals surface area contributed by atoms with E-state index in [0.29, 0.717) is 18.0 Å². The number of pyridine rings is 1. The summed E-state index contributed by atoms with van der Waals surface area (Å²) in [6, 6.07) is 5.17. The molecule has 0 N–H and O–H groups in total. The van der Waals surface area contributed by atoms with Gasteiger partial charge in [0.25, 0.3) is 0 Å². The van der Waals surface area contributed by atoms with Crippen LogP contribution in [0.1, 0.15) is 52.0 Å². The Labute approximate surface area is 164 Å². The minimum Gasteiger partial charge on any atom is -0.340 e. The van der Waals surface area contributed by atoms with Crippen molar-refractivity contribution in [3.05, 3.63) is 30.1 Å². The van der Waals surface area contributed by atoms with Crippen LogP contribution in [0.5, 0.6) is 0 Å². The Bertz CT molecular complexity index is 583. The van der Waals surface area contributed by atoms with Gasteiger partial charge in [-0.15, -0.1) is 0 Å². The van der Waals surface area contributed by atoms with Crippen molar-refractivity contribution in [2.45, 2.75) is 65.1 Å². The summed E-state index contributed by atoms with van der Waals surface area (Å²) >= 11 is 0. The molecule has 1 unspecified atom stereocenters. The molecule has 3 heterocycles. The Kier molecular flexibility index (Phi) is 7.25. The largest absolute Gasteiger partial charge is 0.340 e. The molecule has 1 aromatic rings. The number of carbonyl (C=O) groups excluding carboxylic acids is 1. The summed E-state index contributed by atoms with van der Waals surface area (Å²) in [6.45, 7) is 12.6. The molecule has 3 rings (SSSR count). The van der Waals surface area contributed by atoms with Crippen molar-refractivity contribution in [2.75, 3.05) is 32.7 Å². The summed E-state index contributed by atoms with van der Waals surface area (Å²) in [5, 5.41) is 0. The Balaban J connectivity index is 1.50. The van der Waals surface area contributed by atoms with E-state index < -0.39 is 0 Å². The first-order chi connectivity index (χ1) is 13.1. The number of amides is 1. The number of hydrogen-bond donors (Lipinski definition) is 0. The van der Waals surface area contributed by atoms with Crippen LogP contribution < -0.4 is 0 Å². The Morgan fingerprint density at radius 2 is 1.89 bits per heavy atom. The molecule has 2 saturated heterocycles. The maximum Gasteiger partial charge on any atom is 0.227 e. The molecule has 1 aromatic heterocycles. The zero-order valence-electron chi connectivity index (χ0n) is 17.3. The number of piperidine rings is 2. The van der Waals surface area contributed by atoms with Gasteiger partial charge in [0.05, 0.1) is 5.92 Å². The summed E-state index contributed by atoms with van der Waals surface area (Å²) in [5.41, 5.74) is 1.35. The van der Waals surface area contributed by atoms with Gasteiger partial charge in [0.1, 0.15) is 0 Å². The quantitative estimate of drug-likeness (QED) is 0.770. The summed E-state index contributed by atoms with van der Waals surface area (Å²) in [5.74, 6) is 0.559. The fourth-order valence-electron chi connectivity index (χ4n) is 4.74. The SMILES string of the molecule is CCN(C(=O)C1CCCN(C2CCN(Cc3ccncc3)CC2)C1)C(C)C. The molecule has 150 valence electrons. The summed E-state index contributed by atoms with van der Waals surface area (Å²) < 4.78 is 0. The van der Waals surface area contributed by atoms with Crippen molar-refractivity contribution in [2.24, 2.45) is 5.92 Å². The topological polar surface area (TPSA) is 39.7 Å². The molecular weight excluding hydrogens is 336 g/mol. The second-order valence-electron chi connectivity index (χ2n) is 8.41. The first-order valence-corrected chi connectivity index (χ1v) is 10.7. The van der Waals surface area contributed by atoms with Gasteiger partial charge < -0.3 is 4.90 Å². The van der Waals surface area contributed by atoms with E-state index in [4.69, 9.17) is 0 Å². The first kappa shape index (κ1) is 20.3. The number of nitrogens with zero attached hydrogens (tertiary/aromatic N) is 4. The molecule has 2 fully saturated rings. The molecule has 0 radical (unpaired) electrons. The van der Waals surface area contributed by atoms with Crippen LogP contribution in [0, 0.1) is 5.92 Å². The number of likely N-dealkylation sites (tertiary alicyclic amines) is 2. The van der Waals surface area contributed by atoms with Crippen LogP contribution in [0.25, 0.3) is 0 Å². The molecule has 5 heteroatoms. The Hall–Kier alpha value is -1.46. The van der Waals surface area contributed by atoms with E-state index in [0.717, 1.165) is 52.1 Å². The van der Waals surface area contributed by atoms with Gasteiger partial charge in [-0.3, -0.25) is 19.6 Å². The van der Waals surface area contributed by atoms with Crippen LogP contribution in [0.4, 0.5) is 0 Å².